The fraction of sp³-hybridized carbons (Fsp3) is 0.458. The maximum Gasteiger partial charge on any atom is 0.249 e. The topological polar surface area (TPSA) is 69.8 Å². The van der Waals surface area contributed by atoms with Crippen LogP contribution in [0.1, 0.15) is 52.2 Å². The van der Waals surface area contributed by atoms with Crippen LogP contribution >= 0.6 is 12.4 Å². The van der Waals surface area contributed by atoms with Gasteiger partial charge in [-0.25, -0.2) is 0 Å². The fourth-order valence-corrected chi connectivity index (χ4v) is 4.41. The van der Waals surface area contributed by atoms with E-state index in [0.717, 1.165) is 56.4 Å². The number of likely N-dealkylation sites (tertiary alicyclic amines) is 1. The zero-order chi connectivity index (χ0) is 20.8. The van der Waals surface area contributed by atoms with E-state index in [0.29, 0.717) is 12.1 Å². The molecule has 0 aliphatic carbocycles. The first kappa shape index (κ1) is 24.2. The number of primary amides is 1. The Kier molecular flexibility index (Phi) is 9.15. The molecule has 0 atom stereocenters. The van der Waals surface area contributed by atoms with E-state index in [1.165, 1.54) is 5.56 Å². The summed E-state index contributed by atoms with van der Waals surface area (Å²) in [6.45, 7) is 3.71. The van der Waals surface area contributed by atoms with E-state index in [1.807, 2.05) is 19.0 Å². The van der Waals surface area contributed by atoms with E-state index >= 15 is 0 Å². The number of halogens is 1. The van der Waals surface area contributed by atoms with Crippen molar-refractivity contribution in [3.63, 3.8) is 0 Å². The SMILES string of the molecule is CN(C)Cc1c(O)ccc(C(N)=O)c1C1CCN(CCCc2ccccc2)CC1.Cl. The Labute approximate surface area is 186 Å². The first-order valence-electron chi connectivity index (χ1n) is 10.5. The lowest BCUT2D eigenvalue weighted by Gasteiger charge is -2.34. The monoisotopic (exact) mass is 431 g/mol. The normalized spacial score (nSPS) is 15.2. The summed E-state index contributed by atoms with van der Waals surface area (Å²) in [6, 6.07) is 13.9. The largest absolute Gasteiger partial charge is 0.508 e. The van der Waals surface area contributed by atoms with Crippen LogP contribution in [-0.2, 0) is 13.0 Å². The van der Waals surface area contributed by atoms with Crippen molar-refractivity contribution in [3.8, 4) is 5.75 Å². The van der Waals surface area contributed by atoms with E-state index in [9.17, 15) is 9.90 Å². The summed E-state index contributed by atoms with van der Waals surface area (Å²) in [4.78, 5) is 16.6. The molecular formula is C24H34ClN3O2. The Bertz CT molecular complexity index is 819. The molecule has 3 N–H and O–H groups in total. The second-order valence-corrected chi connectivity index (χ2v) is 8.33. The number of nitrogens with zero attached hydrogens (tertiary/aromatic N) is 2. The molecular weight excluding hydrogens is 398 g/mol. The van der Waals surface area contributed by atoms with Gasteiger partial charge in [-0.05, 0) is 88.6 Å². The van der Waals surface area contributed by atoms with E-state index in [2.05, 4.69) is 35.2 Å². The second kappa shape index (κ2) is 11.3. The Morgan fingerprint density at radius 2 is 1.80 bits per heavy atom. The van der Waals surface area contributed by atoms with Crippen LogP contribution in [0, 0.1) is 0 Å². The number of aromatic hydroxyl groups is 1. The van der Waals surface area contributed by atoms with Gasteiger partial charge in [0.1, 0.15) is 5.75 Å². The predicted octanol–water partition coefficient (Wildman–Crippen LogP) is 3.79. The minimum absolute atomic E-state index is 0. The third kappa shape index (κ3) is 6.21. The Morgan fingerprint density at radius 3 is 2.40 bits per heavy atom. The number of amides is 1. The highest BCUT2D eigenvalue weighted by atomic mass is 35.5. The minimum atomic E-state index is -0.412. The maximum atomic E-state index is 12.1. The fourth-order valence-electron chi connectivity index (χ4n) is 4.41. The number of phenolic OH excluding ortho intramolecular Hbond substituents is 1. The molecule has 2 aromatic carbocycles. The number of rotatable bonds is 8. The van der Waals surface area contributed by atoms with Crippen LogP contribution in [0.5, 0.6) is 5.75 Å². The second-order valence-electron chi connectivity index (χ2n) is 8.33. The number of aryl methyl sites for hydroxylation is 1. The Morgan fingerprint density at radius 1 is 1.13 bits per heavy atom. The molecule has 0 spiro atoms. The molecule has 0 unspecified atom stereocenters. The molecule has 164 valence electrons. The van der Waals surface area contributed by atoms with Crippen molar-refractivity contribution in [2.24, 2.45) is 5.73 Å². The molecule has 1 fully saturated rings. The average molecular weight is 432 g/mol. The zero-order valence-electron chi connectivity index (χ0n) is 18.0. The molecule has 3 rings (SSSR count). The number of phenols is 1. The number of piperidine rings is 1. The number of carbonyl (C=O) groups excluding carboxylic acids is 1. The van der Waals surface area contributed by atoms with E-state index in [-0.39, 0.29) is 24.1 Å². The Hall–Kier alpha value is -2.08. The van der Waals surface area contributed by atoms with Gasteiger partial charge in [0.05, 0.1) is 0 Å². The third-order valence-electron chi connectivity index (χ3n) is 5.85. The summed E-state index contributed by atoms with van der Waals surface area (Å²) < 4.78 is 0. The zero-order valence-corrected chi connectivity index (χ0v) is 18.8. The summed E-state index contributed by atoms with van der Waals surface area (Å²) in [5.74, 6) is 0.0965. The van der Waals surface area contributed by atoms with Gasteiger partial charge >= 0.3 is 0 Å². The number of hydrogen-bond acceptors (Lipinski definition) is 4. The van der Waals surface area contributed by atoms with Gasteiger partial charge in [-0.15, -0.1) is 12.4 Å². The molecule has 0 bridgehead atoms. The molecule has 0 saturated carbocycles. The quantitative estimate of drug-likeness (QED) is 0.667. The number of carbonyl (C=O) groups is 1. The van der Waals surface area contributed by atoms with Crippen LogP contribution in [0.4, 0.5) is 0 Å². The van der Waals surface area contributed by atoms with E-state index in [4.69, 9.17) is 5.73 Å². The van der Waals surface area contributed by atoms with Gasteiger partial charge < -0.3 is 20.6 Å². The van der Waals surface area contributed by atoms with Crippen molar-refractivity contribution in [2.45, 2.75) is 38.1 Å². The highest BCUT2D eigenvalue weighted by Gasteiger charge is 2.27. The van der Waals surface area contributed by atoms with Crippen molar-refractivity contribution in [2.75, 3.05) is 33.7 Å². The van der Waals surface area contributed by atoms with Crippen LogP contribution < -0.4 is 5.73 Å². The van der Waals surface area contributed by atoms with Gasteiger partial charge in [-0.1, -0.05) is 30.3 Å². The van der Waals surface area contributed by atoms with Gasteiger partial charge in [-0.3, -0.25) is 4.79 Å². The standard InChI is InChI=1S/C24H33N3O2.ClH/c1-26(2)17-21-22(28)11-10-20(24(25)29)23(21)19-12-15-27(16-13-19)14-6-9-18-7-4-3-5-8-18;/h3-5,7-8,10-11,19,28H,6,9,12-17H2,1-2H3,(H2,25,29);1H. The number of hydrogen-bond donors (Lipinski definition) is 2. The summed E-state index contributed by atoms with van der Waals surface area (Å²) in [6.07, 6.45) is 4.22. The Balaban J connectivity index is 0.00000320. The molecule has 0 aromatic heterocycles. The smallest absolute Gasteiger partial charge is 0.249 e. The first-order chi connectivity index (χ1) is 14.0. The van der Waals surface area contributed by atoms with Crippen molar-refractivity contribution < 1.29 is 9.90 Å². The van der Waals surface area contributed by atoms with Crippen LogP contribution in [0.2, 0.25) is 0 Å². The highest BCUT2D eigenvalue weighted by molar-refractivity contribution is 5.95. The summed E-state index contributed by atoms with van der Waals surface area (Å²) >= 11 is 0. The number of benzene rings is 2. The lowest BCUT2D eigenvalue weighted by molar-refractivity contribution is 0.0997. The lowest BCUT2D eigenvalue weighted by atomic mass is 9.82. The molecule has 0 radical (unpaired) electrons. The molecule has 30 heavy (non-hydrogen) atoms. The van der Waals surface area contributed by atoms with Crippen molar-refractivity contribution in [3.05, 3.63) is 64.7 Å². The summed E-state index contributed by atoms with van der Waals surface area (Å²) in [7, 11) is 3.94. The average Bonchev–Trinajstić information content (AvgIpc) is 2.70. The predicted molar refractivity (Wildman–Crippen MR) is 124 cm³/mol. The van der Waals surface area contributed by atoms with Crippen LogP contribution in [-0.4, -0.2) is 54.5 Å². The van der Waals surface area contributed by atoms with Crippen LogP contribution in [0.25, 0.3) is 0 Å². The highest BCUT2D eigenvalue weighted by Crippen LogP contribution is 2.37. The van der Waals surface area contributed by atoms with Crippen molar-refractivity contribution in [1.29, 1.82) is 0 Å². The van der Waals surface area contributed by atoms with Gasteiger partial charge in [-0.2, -0.15) is 0 Å². The van der Waals surface area contributed by atoms with E-state index in [1.54, 1.807) is 12.1 Å². The molecule has 5 nitrogen and oxygen atoms in total. The molecule has 2 aromatic rings. The molecule has 1 heterocycles. The summed E-state index contributed by atoms with van der Waals surface area (Å²) in [5.41, 5.74) is 9.42. The maximum absolute atomic E-state index is 12.1. The minimum Gasteiger partial charge on any atom is -0.508 e. The summed E-state index contributed by atoms with van der Waals surface area (Å²) in [5, 5.41) is 10.5. The molecule has 1 aliphatic rings. The molecule has 1 saturated heterocycles. The molecule has 6 heteroatoms. The van der Waals surface area contributed by atoms with Crippen molar-refractivity contribution in [1.82, 2.24) is 9.80 Å². The van der Waals surface area contributed by atoms with Crippen LogP contribution in [0.15, 0.2) is 42.5 Å². The third-order valence-corrected chi connectivity index (χ3v) is 5.85. The molecule has 1 aliphatic heterocycles. The van der Waals surface area contributed by atoms with Gasteiger partial charge in [0.2, 0.25) is 5.91 Å². The lowest BCUT2D eigenvalue weighted by Crippen LogP contribution is -2.35. The van der Waals surface area contributed by atoms with Crippen LogP contribution in [0.3, 0.4) is 0 Å². The van der Waals surface area contributed by atoms with Crippen molar-refractivity contribution >= 4 is 18.3 Å². The van der Waals surface area contributed by atoms with Gasteiger partial charge in [0, 0.05) is 17.7 Å². The first-order valence-corrected chi connectivity index (χ1v) is 10.5. The van der Waals surface area contributed by atoms with Gasteiger partial charge in [0.25, 0.3) is 0 Å². The number of nitrogens with two attached hydrogens (primary N) is 1. The van der Waals surface area contributed by atoms with Gasteiger partial charge in [0.15, 0.2) is 0 Å². The molecule has 1 amide bonds. The van der Waals surface area contributed by atoms with E-state index < -0.39 is 5.91 Å².